The van der Waals surface area contributed by atoms with Crippen molar-refractivity contribution in [1.29, 1.82) is 0 Å². The summed E-state index contributed by atoms with van der Waals surface area (Å²) in [4.78, 5) is 0. The predicted molar refractivity (Wildman–Crippen MR) is 69.6 cm³/mol. The molecule has 0 amide bonds. The molecule has 1 unspecified atom stereocenters. The van der Waals surface area contributed by atoms with Gasteiger partial charge in [0.1, 0.15) is 6.10 Å². The lowest BCUT2D eigenvalue weighted by atomic mass is 10.1. The molecule has 2 rings (SSSR count). The van der Waals surface area contributed by atoms with Gasteiger partial charge in [-0.3, -0.25) is 4.68 Å². The van der Waals surface area contributed by atoms with Gasteiger partial charge >= 0.3 is 0 Å². The average Bonchev–Trinajstić information content (AvgIpc) is 2.92. The summed E-state index contributed by atoms with van der Waals surface area (Å²) in [7, 11) is 1.61. The molecule has 0 aliphatic carbocycles. The number of hydrogen-bond donors (Lipinski definition) is 1. The second-order valence-electron chi connectivity index (χ2n) is 3.65. The SMILES string of the molecule is COCCn1ncc(Cl)c1C(O)c1ccoc1Br. The Morgan fingerprint density at radius 3 is 3.06 bits per heavy atom. The van der Waals surface area contributed by atoms with E-state index in [-0.39, 0.29) is 0 Å². The van der Waals surface area contributed by atoms with Gasteiger partial charge in [-0.05, 0) is 22.0 Å². The Hall–Kier alpha value is -0.820. The molecule has 18 heavy (non-hydrogen) atoms. The number of furan rings is 1. The summed E-state index contributed by atoms with van der Waals surface area (Å²) >= 11 is 9.29. The van der Waals surface area contributed by atoms with Crippen LogP contribution in [0, 0.1) is 0 Å². The van der Waals surface area contributed by atoms with Crippen LogP contribution in [0.15, 0.2) is 27.6 Å². The Morgan fingerprint density at radius 2 is 2.44 bits per heavy atom. The number of hydrogen-bond acceptors (Lipinski definition) is 4. The third-order valence-corrected chi connectivity index (χ3v) is 3.48. The van der Waals surface area contributed by atoms with Gasteiger partial charge in [-0.2, -0.15) is 5.10 Å². The number of ether oxygens (including phenoxy) is 1. The molecule has 0 fully saturated rings. The zero-order chi connectivity index (χ0) is 13.1. The van der Waals surface area contributed by atoms with Crippen molar-refractivity contribution in [1.82, 2.24) is 9.78 Å². The third kappa shape index (κ3) is 2.61. The van der Waals surface area contributed by atoms with Crippen molar-refractivity contribution in [3.63, 3.8) is 0 Å². The van der Waals surface area contributed by atoms with Gasteiger partial charge in [-0.1, -0.05) is 11.6 Å². The van der Waals surface area contributed by atoms with Gasteiger partial charge in [0.25, 0.3) is 0 Å². The summed E-state index contributed by atoms with van der Waals surface area (Å²) < 4.78 is 12.2. The zero-order valence-corrected chi connectivity index (χ0v) is 12.0. The van der Waals surface area contributed by atoms with E-state index in [2.05, 4.69) is 21.0 Å². The highest BCUT2D eigenvalue weighted by Crippen LogP contribution is 2.32. The summed E-state index contributed by atoms with van der Waals surface area (Å²) in [5.41, 5.74) is 1.13. The van der Waals surface area contributed by atoms with Gasteiger partial charge in [0.2, 0.25) is 0 Å². The molecular weight excluding hydrogens is 323 g/mol. The van der Waals surface area contributed by atoms with Crippen LogP contribution in [0.25, 0.3) is 0 Å². The average molecular weight is 336 g/mol. The molecule has 2 aromatic rings. The minimum Gasteiger partial charge on any atom is -0.457 e. The Morgan fingerprint density at radius 1 is 1.67 bits per heavy atom. The minimum absolute atomic E-state index is 0.409. The fraction of sp³-hybridized carbons (Fsp3) is 0.364. The molecule has 0 aliphatic rings. The van der Waals surface area contributed by atoms with Crippen LogP contribution in [0.1, 0.15) is 17.4 Å². The molecule has 2 heterocycles. The van der Waals surface area contributed by atoms with Crippen LogP contribution in [0.3, 0.4) is 0 Å². The van der Waals surface area contributed by atoms with Crippen molar-refractivity contribution in [3.05, 3.63) is 39.5 Å². The van der Waals surface area contributed by atoms with Crippen LogP contribution in [-0.2, 0) is 11.3 Å². The van der Waals surface area contributed by atoms with E-state index in [1.165, 1.54) is 12.5 Å². The quantitative estimate of drug-likeness (QED) is 0.912. The lowest BCUT2D eigenvalue weighted by molar-refractivity contribution is 0.171. The van der Waals surface area contributed by atoms with E-state index >= 15 is 0 Å². The maximum absolute atomic E-state index is 10.3. The van der Waals surface area contributed by atoms with Crippen LogP contribution >= 0.6 is 27.5 Å². The zero-order valence-electron chi connectivity index (χ0n) is 9.64. The van der Waals surface area contributed by atoms with Gasteiger partial charge in [0, 0.05) is 12.7 Å². The molecule has 2 aromatic heterocycles. The highest BCUT2D eigenvalue weighted by Gasteiger charge is 2.23. The summed E-state index contributed by atoms with van der Waals surface area (Å²) in [6.07, 6.45) is 2.10. The van der Waals surface area contributed by atoms with Crippen LogP contribution < -0.4 is 0 Å². The van der Waals surface area contributed by atoms with Gasteiger partial charge in [-0.25, -0.2) is 0 Å². The van der Waals surface area contributed by atoms with Crippen LogP contribution in [0.2, 0.25) is 5.02 Å². The van der Waals surface area contributed by atoms with E-state index in [1.54, 1.807) is 17.9 Å². The predicted octanol–water partition coefficient (Wildman–Crippen LogP) is 2.62. The summed E-state index contributed by atoms with van der Waals surface area (Å²) in [6, 6.07) is 1.68. The molecule has 0 aromatic carbocycles. The largest absolute Gasteiger partial charge is 0.457 e. The standard InChI is InChI=1S/C11H12BrClN2O3/c1-17-5-3-15-9(8(13)6-14-15)10(16)7-2-4-18-11(7)12/h2,4,6,10,16H,3,5H2,1H3. The number of nitrogens with zero attached hydrogens (tertiary/aromatic N) is 2. The van der Waals surface area contributed by atoms with Gasteiger partial charge in [0.05, 0.1) is 36.3 Å². The smallest absolute Gasteiger partial charge is 0.175 e. The number of methoxy groups -OCH3 is 1. The Kier molecular flexibility index (Phi) is 4.45. The first-order chi connectivity index (χ1) is 8.65. The molecule has 5 nitrogen and oxygen atoms in total. The summed E-state index contributed by atoms with van der Waals surface area (Å²) in [5.74, 6) is 0. The Balaban J connectivity index is 2.32. The molecule has 1 N–H and O–H groups in total. The molecular formula is C11H12BrClN2O3. The number of rotatable bonds is 5. The molecule has 0 saturated carbocycles. The molecule has 0 radical (unpaired) electrons. The number of aliphatic hydroxyl groups excluding tert-OH is 1. The van der Waals surface area contributed by atoms with E-state index in [1.807, 2.05) is 0 Å². The van der Waals surface area contributed by atoms with Crippen LogP contribution in [0.4, 0.5) is 0 Å². The van der Waals surface area contributed by atoms with Crippen molar-refractivity contribution in [2.45, 2.75) is 12.6 Å². The fourth-order valence-corrected chi connectivity index (χ4v) is 2.35. The summed E-state index contributed by atoms with van der Waals surface area (Å²) in [5, 5.41) is 14.9. The summed E-state index contributed by atoms with van der Waals surface area (Å²) in [6.45, 7) is 1.01. The molecule has 0 aliphatic heterocycles. The molecule has 0 bridgehead atoms. The van der Waals surface area contributed by atoms with E-state index in [4.69, 9.17) is 20.8 Å². The van der Waals surface area contributed by atoms with E-state index in [0.29, 0.717) is 34.1 Å². The molecule has 0 saturated heterocycles. The molecule has 98 valence electrons. The van der Waals surface area contributed by atoms with Crippen LogP contribution in [-0.4, -0.2) is 28.6 Å². The number of aliphatic hydroxyl groups is 1. The third-order valence-electron chi connectivity index (χ3n) is 2.54. The maximum Gasteiger partial charge on any atom is 0.175 e. The second-order valence-corrected chi connectivity index (χ2v) is 4.77. The highest BCUT2D eigenvalue weighted by molar-refractivity contribution is 9.10. The van der Waals surface area contributed by atoms with Crippen molar-refractivity contribution < 1.29 is 14.3 Å². The molecule has 7 heteroatoms. The second kappa shape index (κ2) is 5.88. The first-order valence-electron chi connectivity index (χ1n) is 5.26. The minimum atomic E-state index is -0.898. The Bertz CT molecular complexity index is 526. The molecule has 0 spiro atoms. The van der Waals surface area contributed by atoms with Crippen LogP contribution in [0.5, 0.6) is 0 Å². The highest BCUT2D eigenvalue weighted by atomic mass is 79.9. The van der Waals surface area contributed by atoms with E-state index in [9.17, 15) is 5.11 Å². The number of halogens is 2. The van der Waals surface area contributed by atoms with E-state index < -0.39 is 6.10 Å². The van der Waals surface area contributed by atoms with Gasteiger partial charge in [0.15, 0.2) is 4.67 Å². The Labute approximate surface area is 117 Å². The van der Waals surface area contributed by atoms with Gasteiger partial charge in [-0.15, -0.1) is 0 Å². The monoisotopic (exact) mass is 334 g/mol. The van der Waals surface area contributed by atoms with Gasteiger partial charge < -0.3 is 14.3 Å². The number of aromatic nitrogens is 2. The lowest BCUT2D eigenvalue weighted by Gasteiger charge is -2.13. The van der Waals surface area contributed by atoms with Crippen molar-refractivity contribution in [2.24, 2.45) is 0 Å². The molecule has 1 atom stereocenters. The first kappa shape index (κ1) is 13.6. The maximum atomic E-state index is 10.3. The first-order valence-corrected chi connectivity index (χ1v) is 6.43. The van der Waals surface area contributed by atoms with Crippen molar-refractivity contribution >= 4 is 27.5 Å². The lowest BCUT2D eigenvalue weighted by Crippen LogP contribution is -2.13. The fourth-order valence-electron chi connectivity index (χ4n) is 1.65. The van der Waals surface area contributed by atoms with Crippen molar-refractivity contribution in [2.75, 3.05) is 13.7 Å². The topological polar surface area (TPSA) is 60.4 Å². The van der Waals surface area contributed by atoms with E-state index in [0.717, 1.165) is 0 Å². The normalized spacial score (nSPS) is 12.9. The van der Waals surface area contributed by atoms with Crippen molar-refractivity contribution in [3.8, 4) is 0 Å².